The Balaban J connectivity index is 1.80. The highest BCUT2D eigenvalue weighted by Gasteiger charge is 2.44. The summed E-state index contributed by atoms with van der Waals surface area (Å²) in [6, 6.07) is 14.2. The van der Waals surface area contributed by atoms with E-state index in [1.165, 1.54) is 22.7 Å². The van der Waals surface area contributed by atoms with E-state index in [1.807, 2.05) is 41.8 Å². The third kappa shape index (κ3) is 3.38. The topological polar surface area (TPSA) is 57.6 Å². The number of carbonyl (C=O) groups excluding carboxylic acids is 2. The highest BCUT2D eigenvalue weighted by molar-refractivity contribution is 9.10. The van der Waals surface area contributed by atoms with Crippen molar-refractivity contribution in [2.75, 3.05) is 0 Å². The van der Waals surface area contributed by atoms with E-state index in [0.29, 0.717) is 11.4 Å². The number of benzene rings is 1. The van der Waals surface area contributed by atoms with Crippen molar-refractivity contribution < 1.29 is 14.7 Å². The lowest BCUT2D eigenvalue weighted by molar-refractivity contribution is -0.130. The molecule has 136 valence electrons. The lowest BCUT2D eigenvalue weighted by Crippen LogP contribution is -2.30. The summed E-state index contributed by atoms with van der Waals surface area (Å²) in [5.41, 5.74) is 0.924. The minimum atomic E-state index is -0.623. The van der Waals surface area contributed by atoms with Crippen LogP contribution in [0.4, 0.5) is 0 Å². The molecule has 1 aromatic carbocycles. The zero-order valence-electron chi connectivity index (χ0n) is 14.0. The van der Waals surface area contributed by atoms with E-state index in [-0.39, 0.29) is 11.4 Å². The summed E-state index contributed by atoms with van der Waals surface area (Å²) < 4.78 is 0.903. The Hall–Kier alpha value is -2.22. The fourth-order valence-electron chi connectivity index (χ4n) is 3.15. The van der Waals surface area contributed by atoms with Crippen LogP contribution < -0.4 is 0 Å². The summed E-state index contributed by atoms with van der Waals surface area (Å²) in [6.07, 6.45) is 0. The van der Waals surface area contributed by atoms with E-state index < -0.39 is 17.7 Å². The van der Waals surface area contributed by atoms with Gasteiger partial charge in [-0.1, -0.05) is 40.2 Å². The molecule has 0 saturated heterocycles. The second-order valence-electron chi connectivity index (χ2n) is 6.04. The molecule has 1 N–H and O–H groups in total. The Morgan fingerprint density at radius 2 is 1.78 bits per heavy atom. The second-order valence-corrected chi connectivity index (χ2v) is 8.93. The summed E-state index contributed by atoms with van der Waals surface area (Å²) in [5.74, 6) is -1.29. The molecular weight excluding hydrogens is 446 g/mol. The molecule has 0 saturated carbocycles. The molecule has 0 bridgehead atoms. The first-order valence-electron chi connectivity index (χ1n) is 8.16. The predicted octanol–water partition coefficient (Wildman–Crippen LogP) is 5.35. The third-order valence-electron chi connectivity index (χ3n) is 4.39. The number of amides is 1. The Morgan fingerprint density at radius 1 is 1.07 bits per heavy atom. The fraction of sp³-hybridized carbons (Fsp3) is 0.100. The quantitative estimate of drug-likeness (QED) is 0.523. The Morgan fingerprint density at radius 3 is 2.41 bits per heavy atom. The molecule has 7 heteroatoms. The maximum atomic E-state index is 13.1. The number of hydrogen-bond donors (Lipinski definition) is 1. The van der Waals surface area contributed by atoms with Gasteiger partial charge in [-0.05, 0) is 40.6 Å². The molecule has 1 aliphatic heterocycles. The summed E-state index contributed by atoms with van der Waals surface area (Å²) in [7, 11) is 0. The van der Waals surface area contributed by atoms with E-state index in [4.69, 9.17) is 0 Å². The molecule has 0 fully saturated rings. The number of aliphatic hydroxyl groups excluding tert-OH is 1. The Labute approximate surface area is 172 Å². The first-order valence-corrected chi connectivity index (χ1v) is 10.7. The number of ketones is 1. The van der Waals surface area contributed by atoms with Gasteiger partial charge >= 0.3 is 0 Å². The van der Waals surface area contributed by atoms with Crippen LogP contribution in [0, 0.1) is 0 Å². The van der Waals surface area contributed by atoms with Gasteiger partial charge < -0.3 is 10.0 Å². The fourth-order valence-corrected chi connectivity index (χ4v) is 4.80. The van der Waals surface area contributed by atoms with Gasteiger partial charge in [-0.25, -0.2) is 0 Å². The van der Waals surface area contributed by atoms with Crippen LogP contribution in [0.5, 0.6) is 0 Å². The monoisotopic (exact) mass is 459 g/mol. The molecule has 1 unspecified atom stereocenters. The van der Waals surface area contributed by atoms with Gasteiger partial charge in [-0.2, -0.15) is 0 Å². The summed E-state index contributed by atoms with van der Waals surface area (Å²) in [6.45, 7) is 0.336. The third-order valence-corrected chi connectivity index (χ3v) is 6.64. The average Bonchev–Trinajstić information content (AvgIpc) is 3.41. The first kappa shape index (κ1) is 18.2. The Kier molecular flexibility index (Phi) is 4.99. The lowest BCUT2D eigenvalue weighted by Gasteiger charge is -2.26. The van der Waals surface area contributed by atoms with Gasteiger partial charge in [0.05, 0.1) is 23.0 Å². The first-order chi connectivity index (χ1) is 13.1. The molecule has 1 atom stereocenters. The zero-order chi connectivity index (χ0) is 19.0. The number of thiophene rings is 2. The highest BCUT2D eigenvalue weighted by Crippen LogP contribution is 2.41. The van der Waals surface area contributed by atoms with Crippen molar-refractivity contribution in [1.82, 2.24) is 4.90 Å². The van der Waals surface area contributed by atoms with Gasteiger partial charge in [-0.15, -0.1) is 22.7 Å². The maximum absolute atomic E-state index is 13.1. The van der Waals surface area contributed by atoms with E-state index in [1.54, 1.807) is 22.4 Å². The van der Waals surface area contributed by atoms with E-state index in [9.17, 15) is 14.7 Å². The van der Waals surface area contributed by atoms with Crippen molar-refractivity contribution in [3.05, 3.63) is 90.4 Å². The molecule has 1 amide bonds. The molecule has 27 heavy (non-hydrogen) atoms. The number of halogens is 1. The van der Waals surface area contributed by atoms with Crippen LogP contribution in [0.25, 0.3) is 0 Å². The zero-order valence-corrected chi connectivity index (χ0v) is 17.2. The van der Waals surface area contributed by atoms with E-state index >= 15 is 0 Å². The molecule has 2 aromatic heterocycles. The summed E-state index contributed by atoms with van der Waals surface area (Å²) in [4.78, 5) is 29.0. The van der Waals surface area contributed by atoms with Crippen molar-refractivity contribution >= 4 is 50.3 Å². The van der Waals surface area contributed by atoms with Crippen LogP contribution in [0.3, 0.4) is 0 Å². The highest BCUT2D eigenvalue weighted by atomic mass is 79.9. The minimum Gasteiger partial charge on any atom is -0.503 e. The lowest BCUT2D eigenvalue weighted by atomic mass is 9.95. The number of aliphatic hydroxyl groups is 1. The number of hydrogen-bond acceptors (Lipinski definition) is 5. The molecule has 0 radical (unpaired) electrons. The van der Waals surface area contributed by atoms with Crippen LogP contribution in [0.2, 0.25) is 0 Å². The van der Waals surface area contributed by atoms with Crippen LogP contribution in [0.1, 0.15) is 26.2 Å². The second kappa shape index (κ2) is 7.42. The van der Waals surface area contributed by atoms with Gasteiger partial charge in [0, 0.05) is 9.35 Å². The van der Waals surface area contributed by atoms with Crippen LogP contribution in [-0.4, -0.2) is 21.7 Å². The summed E-state index contributed by atoms with van der Waals surface area (Å²) in [5, 5.41) is 14.3. The molecule has 1 aliphatic rings. The van der Waals surface area contributed by atoms with Gasteiger partial charge in [0.2, 0.25) is 5.78 Å². The predicted molar refractivity (Wildman–Crippen MR) is 110 cm³/mol. The van der Waals surface area contributed by atoms with Crippen molar-refractivity contribution in [3.8, 4) is 0 Å². The van der Waals surface area contributed by atoms with Gasteiger partial charge in [0.1, 0.15) is 0 Å². The molecule has 4 nitrogen and oxygen atoms in total. The standard InChI is InChI=1S/C20H14BrNO3S2/c21-13-7-5-12(6-8-13)17-16(18(23)15-4-2-10-27-15)19(24)20(25)22(17)11-14-3-1-9-26-14/h1-10,17,24H,11H2. The molecule has 3 aromatic rings. The Bertz CT molecular complexity index is 1010. The van der Waals surface area contributed by atoms with E-state index in [0.717, 1.165) is 14.9 Å². The molecule has 3 heterocycles. The number of rotatable bonds is 5. The van der Waals surface area contributed by atoms with Crippen LogP contribution in [0.15, 0.2) is 75.1 Å². The van der Waals surface area contributed by atoms with Crippen LogP contribution >= 0.6 is 38.6 Å². The van der Waals surface area contributed by atoms with Crippen molar-refractivity contribution in [2.45, 2.75) is 12.6 Å². The van der Waals surface area contributed by atoms with Gasteiger partial charge in [0.25, 0.3) is 5.91 Å². The average molecular weight is 460 g/mol. The summed E-state index contributed by atoms with van der Waals surface area (Å²) >= 11 is 6.24. The van der Waals surface area contributed by atoms with Crippen molar-refractivity contribution in [2.24, 2.45) is 0 Å². The van der Waals surface area contributed by atoms with Gasteiger partial charge in [0.15, 0.2) is 5.76 Å². The molecule has 4 rings (SSSR count). The number of carbonyl (C=O) groups is 2. The van der Waals surface area contributed by atoms with E-state index in [2.05, 4.69) is 15.9 Å². The molecular formula is C20H14BrNO3S2. The van der Waals surface area contributed by atoms with Crippen molar-refractivity contribution in [3.63, 3.8) is 0 Å². The van der Waals surface area contributed by atoms with Gasteiger partial charge in [-0.3, -0.25) is 9.59 Å². The smallest absolute Gasteiger partial charge is 0.290 e. The largest absolute Gasteiger partial charge is 0.503 e. The maximum Gasteiger partial charge on any atom is 0.290 e. The van der Waals surface area contributed by atoms with Crippen LogP contribution in [-0.2, 0) is 11.3 Å². The molecule has 0 aliphatic carbocycles. The molecule has 0 spiro atoms. The SMILES string of the molecule is O=C(C1=C(O)C(=O)N(Cc2cccs2)C1c1ccc(Br)cc1)c1cccs1. The number of nitrogens with zero attached hydrogens (tertiary/aromatic N) is 1. The minimum absolute atomic E-state index is 0.140. The normalized spacial score (nSPS) is 17.0. The van der Waals surface area contributed by atoms with Crippen molar-refractivity contribution in [1.29, 1.82) is 0 Å². The number of Topliss-reactive ketones (excluding diaryl/α,β-unsaturated/α-hetero) is 1.